The predicted molar refractivity (Wildman–Crippen MR) is 74.3 cm³/mol. The van der Waals surface area contributed by atoms with E-state index in [0.29, 0.717) is 0 Å². The molecule has 3 nitrogen and oxygen atoms in total. The summed E-state index contributed by atoms with van der Waals surface area (Å²) in [6.07, 6.45) is 3.27. The van der Waals surface area contributed by atoms with Crippen LogP contribution < -0.4 is 5.73 Å². The number of hydrogen-bond donors (Lipinski definition) is 1. The molecule has 2 atom stereocenters. The van der Waals surface area contributed by atoms with Gasteiger partial charge in [-0.05, 0) is 53.6 Å². The fraction of sp³-hybridized carbons (Fsp3) is 0.583. The monoisotopic (exact) mass is 316 g/mol. The molecule has 2 N–H and O–H groups in total. The van der Waals surface area contributed by atoms with Gasteiger partial charge in [0.15, 0.2) is 0 Å². The molecule has 0 aromatic carbocycles. The predicted octanol–water partition coefficient (Wildman–Crippen LogP) is 2.85. The minimum absolute atomic E-state index is 0.0398. The molecule has 1 amide bonds. The molecule has 1 aliphatic heterocycles. The number of piperidine rings is 1. The number of thiophene rings is 1. The Labute approximate surface area is 114 Å². The molecule has 0 unspecified atom stereocenters. The molecule has 5 heteroatoms. The largest absolute Gasteiger partial charge is 0.333 e. The molecule has 0 saturated carbocycles. The number of carbonyl (C=O) groups excluding carboxylic acids is 1. The third kappa shape index (κ3) is 2.72. The SMILES string of the molecule is C[C@@H](N)[C@@H]1CCCCN1C(=O)c1sccc1Br. The number of likely N-dealkylation sites (tertiary alicyclic amines) is 1. The van der Waals surface area contributed by atoms with E-state index in [9.17, 15) is 4.79 Å². The number of nitrogens with two attached hydrogens (primary N) is 1. The normalized spacial score (nSPS) is 22.5. The van der Waals surface area contributed by atoms with Gasteiger partial charge in [-0.1, -0.05) is 0 Å². The molecule has 0 bridgehead atoms. The quantitative estimate of drug-likeness (QED) is 0.912. The fourth-order valence-electron chi connectivity index (χ4n) is 2.33. The van der Waals surface area contributed by atoms with Crippen LogP contribution in [0.5, 0.6) is 0 Å². The van der Waals surface area contributed by atoms with Crippen LogP contribution in [0.15, 0.2) is 15.9 Å². The Kier molecular flexibility index (Phi) is 4.22. The van der Waals surface area contributed by atoms with Crippen molar-refractivity contribution in [2.45, 2.75) is 38.3 Å². The Morgan fingerprint density at radius 1 is 1.65 bits per heavy atom. The number of nitrogens with zero attached hydrogens (tertiary/aromatic N) is 1. The first-order valence-corrected chi connectivity index (χ1v) is 7.58. The van der Waals surface area contributed by atoms with E-state index in [1.807, 2.05) is 23.3 Å². The van der Waals surface area contributed by atoms with E-state index in [4.69, 9.17) is 5.73 Å². The van der Waals surface area contributed by atoms with Crippen LogP contribution in [0.25, 0.3) is 0 Å². The van der Waals surface area contributed by atoms with Gasteiger partial charge < -0.3 is 10.6 Å². The molecule has 1 saturated heterocycles. The lowest BCUT2D eigenvalue weighted by Crippen LogP contribution is -2.51. The van der Waals surface area contributed by atoms with Gasteiger partial charge in [-0.3, -0.25) is 4.79 Å². The smallest absolute Gasteiger partial charge is 0.265 e. The Balaban J connectivity index is 2.20. The van der Waals surface area contributed by atoms with E-state index < -0.39 is 0 Å². The molecule has 1 aromatic heterocycles. The Morgan fingerprint density at radius 2 is 2.41 bits per heavy atom. The van der Waals surface area contributed by atoms with Crippen LogP contribution in [0.3, 0.4) is 0 Å². The van der Waals surface area contributed by atoms with E-state index in [-0.39, 0.29) is 18.0 Å². The van der Waals surface area contributed by atoms with E-state index >= 15 is 0 Å². The minimum atomic E-state index is 0.0398. The summed E-state index contributed by atoms with van der Waals surface area (Å²) < 4.78 is 0.890. The highest BCUT2D eigenvalue weighted by Crippen LogP contribution is 2.28. The molecule has 1 fully saturated rings. The zero-order chi connectivity index (χ0) is 12.4. The molecular weight excluding hydrogens is 300 g/mol. The molecular formula is C12H17BrN2OS. The van der Waals surface area contributed by atoms with Crippen molar-refractivity contribution in [2.24, 2.45) is 5.73 Å². The van der Waals surface area contributed by atoms with Gasteiger partial charge in [0.2, 0.25) is 0 Å². The van der Waals surface area contributed by atoms with Crippen LogP contribution in [0.4, 0.5) is 0 Å². The summed E-state index contributed by atoms with van der Waals surface area (Å²) in [7, 11) is 0. The van der Waals surface area contributed by atoms with E-state index in [1.165, 1.54) is 17.8 Å². The van der Waals surface area contributed by atoms with Crippen molar-refractivity contribution >= 4 is 33.2 Å². The molecule has 94 valence electrons. The second kappa shape index (κ2) is 5.50. The van der Waals surface area contributed by atoms with Gasteiger partial charge in [0, 0.05) is 23.1 Å². The van der Waals surface area contributed by atoms with Gasteiger partial charge in [-0.2, -0.15) is 0 Å². The number of hydrogen-bond acceptors (Lipinski definition) is 3. The minimum Gasteiger partial charge on any atom is -0.333 e. The maximum atomic E-state index is 12.4. The highest BCUT2D eigenvalue weighted by molar-refractivity contribution is 9.10. The number of rotatable bonds is 2. The topological polar surface area (TPSA) is 46.3 Å². The van der Waals surface area contributed by atoms with Gasteiger partial charge in [-0.25, -0.2) is 0 Å². The summed E-state index contributed by atoms with van der Waals surface area (Å²) in [4.78, 5) is 15.2. The standard InChI is InChI=1S/C12H17BrN2OS/c1-8(14)10-4-2-3-6-15(10)12(16)11-9(13)5-7-17-11/h5,7-8,10H,2-4,6,14H2,1H3/t8-,10+/m1/s1. The zero-order valence-corrected chi connectivity index (χ0v) is 12.3. The molecule has 2 rings (SSSR count). The maximum absolute atomic E-state index is 12.4. The molecule has 1 aliphatic rings. The number of carbonyl (C=O) groups is 1. The summed E-state index contributed by atoms with van der Waals surface area (Å²) in [5, 5.41) is 1.93. The maximum Gasteiger partial charge on any atom is 0.265 e. The summed E-state index contributed by atoms with van der Waals surface area (Å²) in [6.45, 7) is 2.81. The van der Waals surface area contributed by atoms with Gasteiger partial charge in [-0.15, -0.1) is 11.3 Å². The van der Waals surface area contributed by atoms with E-state index in [1.54, 1.807) is 0 Å². The summed E-state index contributed by atoms with van der Waals surface area (Å²) >= 11 is 4.91. The molecule has 2 heterocycles. The first kappa shape index (κ1) is 13.1. The molecule has 17 heavy (non-hydrogen) atoms. The summed E-state index contributed by atoms with van der Waals surface area (Å²) in [6, 6.07) is 2.14. The van der Waals surface area contributed by atoms with Crippen molar-refractivity contribution in [1.29, 1.82) is 0 Å². The first-order valence-electron chi connectivity index (χ1n) is 5.91. The van der Waals surface area contributed by atoms with Crippen LogP contribution in [-0.2, 0) is 0 Å². The van der Waals surface area contributed by atoms with Crippen molar-refractivity contribution in [2.75, 3.05) is 6.54 Å². The van der Waals surface area contributed by atoms with Gasteiger partial charge in [0.1, 0.15) is 4.88 Å². The van der Waals surface area contributed by atoms with Gasteiger partial charge in [0.25, 0.3) is 5.91 Å². The Morgan fingerprint density at radius 3 is 3.00 bits per heavy atom. The lowest BCUT2D eigenvalue weighted by Gasteiger charge is -2.37. The van der Waals surface area contributed by atoms with Crippen LogP contribution in [-0.4, -0.2) is 29.4 Å². The van der Waals surface area contributed by atoms with Crippen molar-refractivity contribution < 1.29 is 4.79 Å². The molecule has 0 radical (unpaired) electrons. The third-order valence-corrected chi connectivity index (χ3v) is 5.05. The van der Waals surface area contributed by atoms with Crippen molar-refractivity contribution in [3.05, 3.63) is 20.8 Å². The third-order valence-electron chi connectivity index (χ3n) is 3.23. The number of halogens is 1. The molecule has 1 aromatic rings. The lowest BCUT2D eigenvalue weighted by molar-refractivity contribution is 0.0588. The van der Waals surface area contributed by atoms with E-state index in [0.717, 1.165) is 28.7 Å². The molecule has 0 aliphatic carbocycles. The second-order valence-corrected chi connectivity index (χ2v) is 6.29. The van der Waals surface area contributed by atoms with Gasteiger partial charge in [0.05, 0.1) is 0 Å². The zero-order valence-electron chi connectivity index (χ0n) is 9.86. The average Bonchev–Trinajstić information content (AvgIpc) is 2.74. The highest BCUT2D eigenvalue weighted by atomic mass is 79.9. The van der Waals surface area contributed by atoms with Gasteiger partial charge >= 0.3 is 0 Å². The average molecular weight is 317 g/mol. The lowest BCUT2D eigenvalue weighted by atomic mass is 9.97. The Bertz CT molecular complexity index is 405. The van der Waals surface area contributed by atoms with Crippen LogP contribution in [0, 0.1) is 0 Å². The van der Waals surface area contributed by atoms with Crippen molar-refractivity contribution in [3.63, 3.8) is 0 Å². The fourth-order valence-corrected chi connectivity index (χ4v) is 3.83. The summed E-state index contributed by atoms with van der Waals surface area (Å²) in [5.41, 5.74) is 5.98. The highest BCUT2D eigenvalue weighted by Gasteiger charge is 2.31. The van der Waals surface area contributed by atoms with Crippen LogP contribution in [0.1, 0.15) is 35.9 Å². The Hall–Kier alpha value is -0.390. The number of amides is 1. The second-order valence-electron chi connectivity index (χ2n) is 4.52. The summed E-state index contributed by atoms with van der Waals surface area (Å²) in [5.74, 6) is 0.119. The molecule has 0 spiro atoms. The van der Waals surface area contributed by atoms with E-state index in [2.05, 4.69) is 15.9 Å². The van der Waals surface area contributed by atoms with Crippen LogP contribution >= 0.6 is 27.3 Å². The van der Waals surface area contributed by atoms with Crippen molar-refractivity contribution in [1.82, 2.24) is 4.90 Å². The van der Waals surface area contributed by atoms with Crippen LogP contribution in [0.2, 0.25) is 0 Å². The first-order chi connectivity index (χ1) is 8.11. The van der Waals surface area contributed by atoms with Crippen molar-refractivity contribution in [3.8, 4) is 0 Å².